The van der Waals surface area contributed by atoms with Gasteiger partial charge in [-0.3, -0.25) is 4.99 Å². The lowest BCUT2D eigenvalue weighted by molar-refractivity contribution is 0.791. The molecule has 3 aromatic rings. The largest absolute Gasteiger partial charge is 0.352 e. The second-order valence-electron chi connectivity index (χ2n) is 6.45. The number of nitrogens with zero attached hydrogens (tertiary/aromatic N) is 3. The summed E-state index contributed by atoms with van der Waals surface area (Å²) >= 11 is 0. The van der Waals surface area contributed by atoms with Crippen molar-refractivity contribution in [2.75, 3.05) is 7.05 Å². The summed E-state index contributed by atoms with van der Waals surface area (Å²) in [5.74, 6) is 0.809. The van der Waals surface area contributed by atoms with Gasteiger partial charge >= 0.3 is 0 Å². The van der Waals surface area contributed by atoms with Gasteiger partial charge in [-0.1, -0.05) is 55.5 Å². The van der Waals surface area contributed by atoms with Crippen LogP contribution >= 0.6 is 0 Å². The first kappa shape index (κ1) is 18.7. The van der Waals surface area contributed by atoms with E-state index in [-0.39, 0.29) is 0 Å². The summed E-state index contributed by atoms with van der Waals surface area (Å²) in [6, 6.07) is 17.1. The normalized spacial score (nSPS) is 11.4. The Morgan fingerprint density at radius 2 is 1.67 bits per heavy atom. The summed E-state index contributed by atoms with van der Waals surface area (Å²) in [7, 11) is 1.80. The van der Waals surface area contributed by atoms with Crippen molar-refractivity contribution in [2.45, 2.75) is 33.0 Å². The summed E-state index contributed by atoms with van der Waals surface area (Å²) in [4.78, 5) is 8.40. The second-order valence-corrected chi connectivity index (χ2v) is 6.45. The van der Waals surface area contributed by atoms with E-state index in [9.17, 15) is 0 Å². The van der Waals surface area contributed by atoms with Crippen molar-refractivity contribution < 1.29 is 0 Å². The summed E-state index contributed by atoms with van der Waals surface area (Å²) in [6.45, 7) is 4.53. The quantitative estimate of drug-likeness (QED) is 0.501. The zero-order chi connectivity index (χ0) is 18.9. The molecule has 0 aliphatic heterocycles. The zero-order valence-electron chi connectivity index (χ0n) is 16.0. The molecule has 0 aliphatic carbocycles. The Morgan fingerprint density at radius 1 is 0.963 bits per heavy atom. The van der Waals surface area contributed by atoms with E-state index in [0.29, 0.717) is 0 Å². The third-order valence-electron chi connectivity index (χ3n) is 4.58. The summed E-state index contributed by atoms with van der Waals surface area (Å²) in [6.07, 6.45) is 6.65. The van der Waals surface area contributed by atoms with Crippen molar-refractivity contribution in [3.63, 3.8) is 0 Å². The smallest absolute Gasteiger partial charge is 0.191 e. The molecule has 0 saturated carbocycles. The minimum absolute atomic E-state index is 0.737. The highest BCUT2D eigenvalue weighted by Crippen LogP contribution is 2.09. The number of benzene rings is 2. The maximum atomic E-state index is 4.33. The van der Waals surface area contributed by atoms with Crippen LogP contribution in [0.2, 0.25) is 0 Å². The van der Waals surface area contributed by atoms with Crippen molar-refractivity contribution in [1.29, 1.82) is 0 Å². The Kier molecular flexibility index (Phi) is 6.63. The van der Waals surface area contributed by atoms with Crippen molar-refractivity contribution in [3.05, 3.63) is 89.5 Å². The van der Waals surface area contributed by atoms with Gasteiger partial charge in [-0.2, -0.15) is 0 Å². The summed E-state index contributed by atoms with van der Waals surface area (Å²) in [5.41, 5.74) is 5.16. The van der Waals surface area contributed by atoms with Gasteiger partial charge in [-0.25, -0.2) is 4.98 Å². The molecular weight excluding hydrogens is 334 g/mol. The van der Waals surface area contributed by atoms with Gasteiger partial charge in [-0.15, -0.1) is 0 Å². The fraction of sp³-hybridized carbons (Fsp3) is 0.273. The summed E-state index contributed by atoms with van der Waals surface area (Å²) in [5, 5.41) is 6.78. The molecular formula is C22H27N5. The number of aromatic nitrogens is 2. The van der Waals surface area contributed by atoms with E-state index in [1.165, 1.54) is 22.3 Å². The first-order valence-electron chi connectivity index (χ1n) is 9.33. The number of rotatable bonds is 7. The highest BCUT2D eigenvalue weighted by molar-refractivity contribution is 5.79. The van der Waals surface area contributed by atoms with E-state index in [1.807, 2.05) is 12.5 Å². The molecule has 2 aromatic carbocycles. The number of guanidine groups is 1. The Hall–Kier alpha value is -3.08. The van der Waals surface area contributed by atoms with Gasteiger partial charge in [0.15, 0.2) is 5.96 Å². The van der Waals surface area contributed by atoms with Gasteiger partial charge < -0.3 is 15.2 Å². The fourth-order valence-corrected chi connectivity index (χ4v) is 3.01. The molecule has 0 unspecified atom stereocenters. The summed E-state index contributed by atoms with van der Waals surface area (Å²) < 4.78 is 2.06. The molecule has 140 valence electrons. The zero-order valence-corrected chi connectivity index (χ0v) is 16.0. The first-order chi connectivity index (χ1) is 13.3. The molecule has 0 amide bonds. The Labute approximate surface area is 161 Å². The Morgan fingerprint density at radius 3 is 2.33 bits per heavy atom. The van der Waals surface area contributed by atoms with Gasteiger partial charge in [0, 0.05) is 39.1 Å². The van der Waals surface area contributed by atoms with Crippen LogP contribution in [0.5, 0.6) is 0 Å². The maximum Gasteiger partial charge on any atom is 0.191 e. The maximum absolute atomic E-state index is 4.33. The minimum atomic E-state index is 0.737. The van der Waals surface area contributed by atoms with E-state index < -0.39 is 0 Å². The lowest BCUT2D eigenvalue weighted by Crippen LogP contribution is -2.36. The molecule has 1 aromatic heterocycles. The monoisotopic (exact) mass is 361 g/mol. The molecule has 2 N–H and O–H groups in total. The lowest BCUT2D eigenvalue weighted by Gasteiger charge is -2.14. The van der Waals surface area contributed by atoms with Crippen molar-refractivity contribution in [1.82, 2.24) is 20.2 Å². The standard InChI is InChI=1S/C22H27N5/c1-3-20-6-4-5-7-21(20)15-26-22(23-2)25-14-18-8-10-19(11-9-18)16-27-13-12-24-17-27/h4-13,17H,3,14-16H2,1-2H3,(H2,23,25,26). The Balaban J connectivity index is 1.50. The van der Waals surface area contributed by atoms with Crippen LogP contribution in [0.3, 0.4) is 0 Å². The average Bonchev–Trinajstić information content (AvgIpc) is 3.22. The van der Waals surface area contributed by atoms with Crippen LogP contribution in [0.1, 0.15) is 29.2 Å². The van der Waals surface area contributed by atoms with Crippen LogP contribution in [0.15, 0.2) is 72.2 Å². The highest BCUT2D eigenvalue weighted by atomic mass is 15.2. The van der Waals surface area contributed by atoms with E-state index in [1.54, 1.807) is 13.2 Å². The van der Waals surface area contributed by atoms with Crippen LogP contribution in [-0.2, 0) is 26.1 Å². The van der Waals surface area contributed by atoms with Gasteiger partial charge in [0.1, 0.15) is 0 Å². The van der Waals surface area contributed by atoms with Gasteiger partial charge in [-0.05, 0) is 28.7 Å². The van der Waals surface area contributed by atoms with Crippen LogP contribution < -0.4 is 10.6 Å². The van der Waals surface area contributed by atoms with E-state index in [0.717, 1.165) is 32.0 Å². The van der Waals surface area contributed by atoms with Crippen molar-refractivity contribution >= 4 is 5.96 Å². The van der Waals surface area contributed by atoms with E-state index in [4.69, 9.17) is 0 Å². The van der Waals surface area contributed by atoms with Gasteiger partial charge in [0.2, 0.25) is 0 Å². The molecule has 0 bridgehead atoms. The SMILES string of the molecule is CCc1ccccc1CNC(=NC)NCc1ccc(Cn2ccnc2)cc1. The average molecular weight is 361 g/mol. The minimum Gasteiger partial charge on any atom is -0.352 e. The van der Waals surface area contributed by atoms with Crippen molar-refractivity contribution in [3.8, 4) is 0 Å². The number of aryl methyl sites for hydroxylation is 1. The molecule has 5 heteroatoms. The van der Waals surface area contributed by atoms with E-state index >= 15 is 0 Å². The predicted molar refractivity (Wildman–Crippen MR) is 111 cm³/mol. The molecule has 0 fully saturated rings. The topological polar surface area (TPSA) is 54.2 Å². The molecule has 0 radical (unpaired) electrons. The molecule has 3 rings (SSSR count). The number of aliphatic imine (C=N–C) groups is 1. The third kappa shape index (κ3) is 5.45. The van der Waals surface area contributed by atoms with Gasteiger partial charge in [0.25, 0.3) is 0 Å². The molecule has 1 heterocycles. The van der Waals surface area contributed by atoms with Crippen LogP contribution in [0, 0.1) is 0 Å². The van der Waals surface area contributed by atoms with Crippen LogP contribution in [0.25, 0.3) is 0 Å². The molecule has 5 nitrogen and oxygen atoms in total. The number of imidazole rings is 1. The molecule has 0 aliphatic rings. The molecule has 0 spiro atoms. The number of hydrogen-bond donors (Lipinski definition) is 2. The lowest BCUT2D eigenvalue weighted by atomic mass is 10.1. The second kappa shape index (κ2) is 9.57. The first-order valence-corrected chi connectivity index (χ1v) is 9.33. The van der Waals surface area contributed by atoms with Crippen molar-refractivity contribution in [2.24, 2.45) is 4.99 Å². The molecule has 27 heavy (non-hydrogen) atoms. The van der Waals surface area contributed by atoms with E-state index in [2.05, 4.69) is 80.6 Å². The Bertz CT molecular complexity index is 851. The number of nitrogens with one attached hydrogen (secondary N) is 2. The van der Waals surface area contributed by atoms with Crippen LogP contribution in [-0.4, -0.2) is 22.6 Å². The van der Waals surface area contributed by atoms with Gasteiger partial charge in [0.05, 0.1) is 6.33 Å². The fourth-order valence-electron chi connectivity index (χ4n) is 3.01. The molecule has 0 atom stereocenters. The molecule has 0 saturated heterocycles. The number of hydrogen-bond acceptors (Lipinski definition) is 2. The highest BCUT2D eigenvalue weighted by Gasteiger charge is 2.03. The predicted octanol–water partition coefficient (Wildman–Crippen LogP) is 3.36. The van der Waals surface area contributed by atoms with Crippen LogP contribution in [0.4, 0.5) is 0 Å². The third-order valence-corrected chi connectivity index (χ3v) is 4.58.